The number of nitrogens with zero attached hydrogens (tertiary/aromatic N) is 1. The standard InChI is InChI=1S/C17H27N3O5S/c1-16(2,3)24-13(22)12(20-15(23)25-17(4,5)6)7-8-18-14-19-9-11(10-21)26-14/h9-10,12H,7-8H2,1-6H3,(H,18,19)(H,20,23)/t12-/m0/s1. The predicted molar refractivity (Wildman–Crippen MR) is 99.6 cm³/mol. The maximum Gasteiger partial charge on any atom is 0.408 e. The van der Waals surface area contributed by atoms with E-state index in [1.165, 1.54) is 17.5 Å². The highest BCUT2D eigenvalue weighted by molar-refractivity contribution is 7.17. The van der Waals surface area contributed by atoms with Gasteiger partial charge in [0.2, 0.25) is 0 Å². The van der Waals surface area contributed by atoms with E-state index in [1.807, 2.05) is 0 Å². The van der Waals surface area contributed by atoms with Gasteiger partial charge >= 0.3 is 12.1 Å². The maximum absolute atomic E-state index is 12.4. The fraction of sp³-hybridized carbons (Fsp3) is 0.647. The number of hydrogen-bond acceptors (Lipinski definition) is 8. The van der Waals surface area contributed by atoms with Crippen molar-refractivity contribution < 1.29 is 23.9 Å². The molecule has 0 saturated heterocycles. The molecular formula is C17H27N3O5S. The van der Waals surface area contributed by atoms with Crippen LogP contribution in [0.15, 0.2) is 6.20 Å². The number of anilines is 1. The fourth-order valence-electron chi connectivity index (χ4n) is 1.82. The lowest BCUT2D eigenvalue weighted by Gasteiger charge is -2.26. The Morgan fingerprint density at radius 2 is 1.81 bits per heavy atom. The van der Waals surface area contributed by atoms with Crippen LogP contribution in [0.3, 0.4) is 0 Å². The van der Waals surface area contributed by atoms with Crippen molar-refractivity contribution >= 4 is 34.8 Å². The van der Waals surface area contributed by atoms with E-state index in [-0.39, 0.29) is 6.42 Å². The molecule has 1 amide bonds. The number of nitrogens with one attached hydrogen (secondary N) is 2. The van der Waals surface area contributed by atoms with Crippen LogP contribution in [0.1, 0.15) is 57.6 Å². The highest BCUT2D eigenvalue weighted by Gasteiger charge is 2.28. The van der Waals surface area contributed by atoms with E-state index in [9.17, 15) is 14.4 Å². The van der Waals surface area contributed by atoms with Crippen LogP contribution in [-0.2, 0) is 14.3 Å². The molecule has 1 aromatic rings. The van der Waals surface area contributed by atoms with Crippen LogP contribution in [0.25, 0.3) is 0 Å². The molecule has 0 bridgehead atoms. The lowest BCUT2D eigenvalue weighted by Crippen LogP contribution is -2.46. The van der Waals surface area contributed by atoms with Crippen molar-refractivity contribution in [3.63, 3.8) is 0 Å². The second-order valence-corrected chi connectivity index (χ2v) is 8.70. The summed E-state index contributed by atoms with van der Waals surface area (Å²) in [5.74, 6) is -0.544. The third-order valence-corrected chi connectivity index (χ3v) is 3.61. The number of aldehydes is 1. The van der Waals surface area contributed by atoms with Crippen LogP contribution in [0.2, 0.25) is 0 Å². The number of carbonyl (C=O) groups excluding carboxylic acids is 3. The normalized spacial score (nSPS) is 12.8. The number of aromatic nitrogens is 1. The van der Waals surface area contributed by atoms with Crippen molar-refractivity contribution in [3.8, 4) is 0 Å². The van der Waals surface area contributed by atoms with Crippen molar-refractivity contribution in [1.29, 1.82) is 0 Å². The zero-order chi connectivity index (χ0) is 20.0. The van der Waals surface area contributed by atoms with Crippen molar-refractivity contribution in [3.05, 3.63) is 11.1 Å². The Morgan fingerprint density at radius 3 is 2.31 bits per heavy atom. The van der Waals surface area contributed by atoms with E-state index < -0.39 is 29.3 Å². The maximum atomic E-state index is 12.4. The van der Waals surface area contributed by atoms with E-state index in [4.69, 9.17) is 9.47 Å². The molecule has 146 valence electrons. The van der Waals surface area contributed by atoms with Crippen molar-refractivity contribution in [1.82, 2.24) is 10.3 Å². The number of esters is 1. The highest BCUT2D eigenvalue weighted by atomic mass is 32.1. The number of rotatable bonds is 7. The van der Waals surface area contributed by atoms with E-state index >= 15 is 0 Å². The molecule has 0 saturated carbocycles. The second kappa shape index (κ2) is 8.98. The van der Waals surface area contributed by atoms with Crippen LogP contribution in [0, 0.1) is 0 Å². The lowest BCUT2D eigenvalue weighted by atomic mass is 10.1. The van der Waals surface area contributed by atoms with Gasteiger partial charge in [0.1, 0.15) is 17.2 Å². The van der Waals surface area contributed by atoms with Gasteiger partial charge in [-0.2, -0.15) is 0 Å². The summed E-state index contributed by atoms with van der Waals surface area (Å²) >= 11 is 1.21. The third-order valence-electron chi connectivity index (χ3n) is 2.73. The molecule has 0 radical (unpaired) electrons. The van der Waals surface area contributed by atoms with E-state index in [1.54, 1.807) is 41.5 Å². The Balaban J connectivity index is 2.68. The average Bonchev–Trinajstić information content (AvgIpc) is 2.90. The van der Waals surface area contributed by atoms with E-state index in [0.717, 1.165) is 6.29 Å². The first-order chi connectivity index (χ1) is 11.9. The Bertz CT molecular complexity index is 631. The van der Waals surface area contributed by atoms with Crippen LogP contribution < -0.4 is 10.6 Å². The largest absolute Gasteiger partial charge is 0.458 e. The quantitative estimate of drug-likeness (QED) is 0.549. The van der Waals surface area contributed by atoms with Gasteiger partial charge in [-0.15, -0.1) is 0 Å². The minimum atomic E-state index is -0.873. The number of carbonyl (C=O) groups is 3. The van der Waals surface area contributed by atoms with Gasteiger partial charge in [0.25, 0.3) is 0 Å². The van der Waals surface area contributed by atoms with Gasteiger partial charge in [-0.05, 0) is 48.0 Å². The van der Waals surface area contributed by atoms with Gasteiger partial charge in [0, 0.05) is 6.54 Å². The van der Waals surface area contributed by atoms with Crippen molar-refractivity contribution in [2.24, 2.45) is 0 Å². The summed E-state index contributed by atoms with van der Waals surface area (Å²) in [5, 5.41) is 6.13. The van der Waals surface area contributed by atoms with E-state index in [0.29, 0.717) is 16.6 Å². The van der Waals surface area contributed by atoms with Crippen molar-refractivity contribution in [2.45, 2.75) is 65.2 Å². The zero-order valence-corrected chi connectivity index (χ0v) is 16.9. The Hall–Kier alpha value is -2.16. The smallest absolute Gasteiger partial charge is 0.408 e. The molecule has 8 nitrogen and oxygen atoms in total. The molecule has 2 N–H and O–H groups in total. The number of ether oxygens (including phenoxy) is 2. The summed E-state index contributed by atoms with van der Waals surface area (Å²) in [7, 11) is 0. The van der Waals surface area contributed by atoms with Crippen LogP contribution in [0.5, 0.6) is 0 Å². The Labute approximate surface area is 157 Å². The molecule has 0 fully saturated rings. The van der Waals surface area contributed by atoms with Crippen molar-refractivity contribution in [2.75, 3.05) is 11.9 Å². The first kappa shape index (κ1) is 21.9. The molecule has 0 aromatic carbocycles. The highest BCUT2D eigenvalue weighted by Crippen LogP contribution is 2.16. The number of thiazole rings is 1. The molecular weight excluding hydrogens is 358 g/mol. The molecule has 1 atom stereocenters. The third kappa shape index (κ3) is 8.80. The zero-order valence-electron chi connectivity index (χ0n) is 16.0. The molecule has 1 aromatic heterocycles. The molecule has 26 heavy (non-hydrogen) atoms. The summed E-state index contributed by atoms with van der Waals surface area (Å²) in [6.07, 6.45) is 1.76. The number of alkyl carbamates (subject to hydrolysis) is 1. The fourth-order valence-corrected chi connectivity index (χ4v) is 2.47. The first-order valence-corrected chi connectivity index (χ1v) is 9.08. The summed E-state index contributed by atoms with van der Waals surface area (Å²) in [6.45, 7) is 10.8. The minimum Gasteiger partial charge on any atom is -0.458 e. The van der Waals surface area contributed by atoms with Crippen LogP contribution in [0.4, 0.5) is 9.93 Å². The first-order valence-electron chi connectivity index (χ1n) is 8.27. The van der Waals surface area contributed by atoms with Gasteiger partial charge in [-0.25, -0.2) is 14.6 Å². The van der Waals surface area contributed by atoms with Gasteiger partial charge in [0.15, 0.2) is 11.4 Å². The predicted octanol–water partition coefficient (Wildman–Crippen LogP) is 2.99. The minimum absolute atomic E-state index is 0.268. The molecule has 0 unspecified atom stereocenters. The lowest BCUT2D eigenvalue weighted by molar-refractivity contribution is -0.157. The molecule has 0 aliphatic heterocycles. The Kier molecular flexibility index (Phi) is 7.55. The van der Waals surface area contributed by atoms with Gasteiger partial charge < -0.3 is 20.1 Å². The summed E-state index contributed by atoms with van der Waals surface area (Å²) in [4.78, 5) is 39.6. The van der Waals surface area contributed by atoms with Crippen LogP contribution in [-0.4, -0.2) is 47.1 Å². The number of hydrogen-bond donors (Lipinski definition) is 2. The SMILES string of the molecule is CC(C)(C)OC(=O)N[C@@H](CCNc1ncc(C=O)s1)C(=O)OC(C)(C)C. The van der Waals surface area contributed by atoms with Crippen LogP contribution >= 0.6 is 11.3 Å². The molecule has 0 spiro atoms. The second-order valence-electron chi connectivity index (χ2n) is 7.63. The van der Waals surface area contributed by atoms with Gasteiger partial charge in [0.05, 0.1) is 11.1 Å². The topological polar surface area (TPSA) is 107 Å². The molecule has 1 rings (SSSR count). The Morgan fingerprint density at radius 1 is 1.19 bits per heavy atom. The van der Waals surface area contributed by atoms with E-state index in [2.05, 4.69) is 15.6 Å². The molecule has 1 heterocycles. The summed E-state index contributed by atoms with van der Waals surface area (Å²) in [6, 6.07) is -0.873. The summed E-state index contributed by atoms with van der Waals surface area (Å²) in [5.41, 5.74) is -1.35. The summed E-state index contributed by atoms with van der Waals surface area (Å²) < 4.78 is 10.6. The monoisotopic (exact) mass is 385 g/mol. The van der Waals surface area contributed by atoms with Gasteiger partial charge in [-0.1, -0.05) is 11.3 Å². The molecule has 9 heteroatoms. The number of amides is 1. The molecule has 0 aliphatic carbocycles. The van der Waals surface area contributed by atoms with Gasteiger partial charge in [-0.3, -0.25) is 4.79 Å². The average molecular weight is 385 g/mol. The molecule has 0 aliphatic rings.